The molecule has 1 saturated carbocycles. The summed E-state index contributed by atoms with van der Waals surface area (Å²) in [5.41, 5.74) is 3.36. The van der Waals surface area contributed by atoms with Crippen molar-refractivity contribution in [1.29, 1.82) is 0 Å². The normalized spacial score (nSPS) is 14.1. The van der Waals surface area contributed by atoms with Gasteiger partial charge in [-0.25, -0.2) is 28.2 Å². The number of imidazole rings is 2. The lowest BCUT2D eigenvalue weighted by Crippen LogP contribution is -2.23. The lowest BCUT2D eigenvalue weighted by Gasteiger charge is -2.10. The fourth-order valence-electron chi connectivity index (χ4n) is 4.63. The first-order valence-electron chi connectivity index (χ1n) is 12.5. The quantitative estimate of drug-likeness (QED) is 0.271. The van der Waals surface area contributed by atoms with E-state index in [0.717, 1.165) is 25.5 Å². The molecule has 14 heteroatoms. The molecule has 1 fully saturated rings. The standard InChI is InChI=1S/C26H23ClF2N8O3/c1-40-26(39)19(28)7-15-6-16(14-2-3-14)9-36-10-17(32-24(15)36)11-37-12-21(33-34-37)25(38)30-8-20-23-22(29)18(27)4-5-35(23)13-31-20/h4-6,9-10,12-14,19H,2-3,7-8,11H2,1H3,(H,30,38). The minimum atomic E-state index is -1.80. The number of nitrogens with zero attached hydrogens (tertiary/aromatic N) is 7. The van der Waals surface area contributed by atoms with Gasteiger partial charge in [0, 0.05) is 25.0 Å². The molecule has 0 saturated heterocycles. The fourth-order valence-corrected chi connectivity index (χ4v) is 4.77. The number of rotatable bonds is 9. The number of carbonyl (C=O) groups excluding carboxylic acids is 2. The Kier molecular flexibility index (Phi) is 6.66. The van der Waals surface area contributed by atoms with Gasteiger partial charge >= 0.3 is 5.97 Å². The van der Waals surface area contributed by atoms with Crippen molar-refractivity contribution in [3.05, 3.63) is 82.3 Å². The zero-order chi connectivity index (χ0) is 28.0. The molecule has 1 unspecified atom stereocenters. The Morgan fingerprint density at radius 2 is 2.08 bits per heavy atom. The van der Waals surface area contributed by atoms with Gasteiger partial charge in [-0.1, -0.05) is 22.9 Å². The molecular weight excluding hydrogens is 546 g/mol. The van der Waals surface area contributed by atoms with Crippen molar-refractivity contribution >= 4 is 34.6 Å². The largest absolute Gasteiger partial charge is 0.467 e. The number of fused-ring (bicyclic) bond motifs is 2. The van der Waals surface area contributed by atoms with Crippen molar-refractivity contribution < 1.29 is 23.1 Å². The van der Waals surface area contributed by atoms with Crippen LogP contribution in [0.15, 0.2) is 43.2 Å². The second-order valence-corrected chi connectivity index (χ2v) is 10.0. The van der Waals surface area contributed by atoms with Crippen LogP contribution in [0.3, 0.4) is 0 Å². The van der Waals surface area contributed by atoms with Crippen molar-refractivity contribution in [1.82, 2.24) is 39.1 Å². The minimum Gasteiger partial charge on any atom is -0.467 e. The Morgan fingerprint density at radius 3 is 2.85 bits per heavy atom. The molecule has 0 aromatic carbocycles. The molecule has 6 rings (SSSR count). The summed E-state index contributed by atoms with van der Waals surface area (Å²) in [7, 11) is 1.15. The van der Waals surface area contributed by atoms with Crippen LogP contribution in [0.5, 0.6) is 0 Å². The van der Waals surface area contributed by atoms with Gasteiger partial charge in [0.05, 0.1) is 49.1 Å². The molecule has 5 heterocycles. The number of halogens is 3. The van der Waals surface area contributed by atoms with Gasteiger partial charge in [0.2, 0.25) is 6.17 Å². The number of methoxy groups -OCH3 is 1. The first kappa shape index (κ1) is 25.9. The smallest absolute Gasteiger partial charge is 0.340 e. The highest BCUT2D eigenvalue weighted by Crippen LogP contribution is 2.40. The number of pyridine rings is 2. The van der Waals surface area contributed by atoms with Gasteiger partial charge < -0.3 is 18.9 Å². The van der Waals surface area contributed by atoms with Crippen LogP contribution >= 0.6 is 11.6 Å². The summed E-state index contributed by atoms with van der Waals surface area (Å²) < 4.78 is 38.2. The van der Waals surface area contributed by atoms with Gasteiger partial charge in [0.15, 0.2) is 11.5 Å². The van der Waals surface area contributed by atoms with E-state index in [1.54, 1.807) is 12.4 Å². The number of esters is 1. The SMILES string of the molecule is COC(=O)C(F)Cc1cc(C2CC2)cn2cc(Cn3cc(C(=O)NCc4ncn5ccc(Cl)c(F)c45)nn3)nc12. The average molecular weight is 569 g/mol. The molecule has 40 heavy (non-hydrogen) atoms. The van der Waals surface area contributed by atoms with Gasteiger partial charge in [-0.2, -0.15) is 0 Å². The van der Waals surface area contributed by atoms with E-state index < -0.39 is 23.9 Å². The fraction of sp³-hybridized carbons (Fsp3) is 0.308. The summed E-state index contributed by atoms with van der Waals surface area (Å²) in [4.78, 5) is 33.2. The summed E-state index contributed by atoms with van der Waals surface area (Å²) >= 11 is 5.88. The van der Waals surface area contributed by atoms with E-state index in [1.165, 1.54) is 27.7 Å². The van der Waals surface area contributed by atoms with Crippen LogP contribution in [-0.2, 0) is 29.0 Å². The highest BCUT2D eigenvalue weighted by molar-refractivity contribution is 6.31. The third-order valence-corrected chi connectivity index (χ3v) is 7.08. The molecule has 1 amide bonds. The Balaban J connectivity index is 1.17. The maximum atomic E-state index is 14.5. The van der Waals surface area contributed by atoms with Gasteiger partial charge in [0.25, 0.3) is 5.91 Å². The molecule has 206 valence electrons. The van der Waals surface area contributed by atoms with Crippen LogP contribution in [-0.4, -0.2) is 58.9 Å². The van der Waals surface area contributed by atoms with Gasteiger partial charge in [0.1, 0.15) is 11.2 Å². The molecular formula is C26H23ClF2N8O3. The molecule has 0 spiro atoms. The topological polar surface area (TPSA) is 121 Å². The molecule has 1 aliphatic carbocycles. The molecule has 1 aliphatic rings. The van der Waals surface area contributed by atoms with Gasteiger partial charge in [-0.3, -0.25) is 4.79 Å². The number of alkyl halides is 1. The van der Waals surface area contributed by atoms with Gasteiger partial charge in [-0.05, 0) is 36.0 Å². The number of nitrogens with one attached hydrogen (secondary N) is 1. The van der Waals surface area contributed by atoms with Crippen molar-refractivity contribution in [2.24, 2.45) is 0 Å². The van der Waals surface area contributed by atoms with Crippen molar-refractivity contribution in [3.8, 4) is 0 Å². The summed E-state index contributed by atoms with van der Waals surface area (Å²) in [6.45, 7) is 0.157. The van der Waals surface area contributed by atoms with Crippen LogP contribution in [0.4, 0.5) is 8.78 Å². The predicted octanol–water partition coefficient (Wildman–Crippen LogP) is 3.28. The molecule has 0 bridgehead atoms. The molecule has 5 aromatic rings. The second kappa shape index (κ2) is 10.3. The summed E-state index contributed by atoms with van der Waals surface area (Å²) in [6, 6.07) is 3.32. The van der Waals surface area contributed by atoms with Crippen LogP contribution in [0.25, 0.3) is 11.2 Å². The molecule has 0 radical (unpaired) electrons. The van der Waals surface area contributed by atoms with Crippen LogP contribution in [0.1, 0.15) is 51.8 Å². The van der Waals surface area contributed by atoms with Crippen LogP contribution in [0, 0.1) is 5.82 Å². The summed E-state index contributed by atoms with van der Waals surface area (Å²) in [6.07, 6.45) is 8.43. The second-order valence-electron chi connectivity index (χ2n) is 9.64. The molecule has 0 aliphatic heterocycles. The number of amides is 1. The summed E-state index contributed by atoms with van der Waals surface area (Å²) in [5.74, 6) is -1.65. The monoisotopic (exact) mass is 568 g/mol. The highest BCUT2D eigenvalue weighted by atomic mass is 35.5. The lowest BCUT2D eigenvalue weighted by molar-refractivity contribution is -0.146. The van der Waals surface area contributed by atoms with Crippen molar-refractivity contribution in [2.45, 2.75) is 44.4 Å². The van der Waals surface area contributed by atoms with Crippen LogP contribution < -0.4 is 5.32 Å². The van der Waals surface area contributed by atoms with E-state index in [0.29, 0.717) is 28.5 Å². The highest BCUT2D eigenvalue weighted by Gasteiger charge is 2.27. The number of aromatic nitrogens is 7. The zero-order valence-electron chi connectivity index (χ0n) is 21.2. The van der Waals surface area contributed by atoms with E-state index in [-0.39, 0.29) is 35.7 Å². The minimum absolute atomic E-state index is 0.0423. The molecule has 5 aromatic heterocycles. The maximum absolute atomic E-state index is 14.5. The van der Waals surface area contributed by atoms with Gasteiger partial charge in [-0.15, -0.1) is 5.10 Å². The lowest BCUT2D eigenvalue weighted by atomic mass is 10.1. The van der Waals surface area contributed by atoms with E-state index in [2.05, 4.69) is 30.3 Å². The van der Waals surface area contributed by atoms with E-state index in [4.69, 9.17) is 11.6 Å². The van der Waals surface area contributed by atoms with Crippen molar-refractivity contribution in [2.75, 3.05) is 7.11 Å². The number of ether oxygens (including phenoxy) is 1. The van der Waals surface area contributed by atoms with Crippen molar-refractivity contribution in [3.63, 3.8) is 0 Å². The Morgan fingerprint density at radius 1 is 1.25 bits per heavy atom. The molecule has 11 nitrogen and oxygen atoms in total. The molecule has 1 atom stereocenters. The Hall–Kier alpha value is -4.39. The predicted molar refractivity (Wildman–Crippen MR) is 138 cm³/mol. The summed E-state index contributed by atoms with van der Waals surface area (Å²) in [5, 5.41) is 10.6. The molecule has 1 N–H and O–H groups in total. The average Bonchev–Trinajstić information content (AvgIpc) is 3.34. The first-order chi connectivity index (χ1) is 19.3. The number of carbonyl (C=O) groups is 2. The Bertz CT molecular complexity index is 1760. The first-order valence-corrected chi connectivity index (χ1v) is 12.9. The number of hydrogen-bond donors (Lipinski definition) is 1. The van der Waals surface area contributed by atoms with E-state index >= 15 is 0 Å². The third kappa shape index (κ3) is 4.99. The Labute approximate surface area is 230 Å². The van der Waals surface area contributed by atoms with E-state index in [1.807, 2.05) is 16.7 Å². The van der Waals surface area contributed by atoms with E-state index in [9.17, 15) is 18.4 Å². The number of hydrogen-bond acceptors (Lipinski definition) is 7. The van der Waals surface area contributed by atoms with Crippen LogP contribution in [0.2, 0.25) is 5.02 Å². The third-order valence-electron chi connectivity index (χ3n) is 6.78. The zero-order valence-corrected chi connectivity index (χ0v) is 22.0. The maximum Gasteiger partial charge on any atom is 0.340 e.